The smallest absolute Gasteiger partial charge is 0.297 e. The molecule has 0 saturated heterocycles. The van der Waals surface area contributed by atoms with Crippen LogP contribution >= 0.6 is 11.6 Å². The van der Waals surface area contributed by atoms with Gasteiger partial charge in [0, 0.05) is 11.6 Å². The van der Waals surface area contributed by atoms with Gasteiger partial charge in [0.15, 0.2) is 5.69 Å². The zero-order valence-electron chi connectivity index (χ0n) is 9.46. The molecule has 0 atom stereocenters. The van der Waals surface area contributed by atoms with E-state index in [2.05, 4.69) is 4.98 Å². The Kier molecular flexibility index (Phi) is 3.43. The number of nitro groups is 1. The summed E-state index contributed by atoms with van der Waals surface area (Å²) in [5, 5.41) is 11.1. The highest BCUT2D eigenvalue weighted by Crippen LogP contribution is 2.34. The van der Waals surface area contributed by atoms with Gasteiger partial charge in [0.05, 0.1) is 12.0 Å². The van der Waals surface area contributed by atoms with Gasteiger partial charge in [-0.2, -0.15) is 0 Å². The van der Waals surface area contributed by atoms with Gasteiger partial charge in [-0.3, -0.25) is 10.1 Å². The maximum absolute atomic E-state index is 11.0. The van der Waals surface area contributed by atoms with Crippen molar-refractivity contribution in [1.82, 2.24) is 4.98 Å². The highest BCUT2D eigenvalue weighted by molar-refractivity contribution is 6.32. The minimum Gasteiger partial charge on any atom is -0.480 e. The van der Waals surface area contributed by atoms with Gasteiger partial charge in [-0.15, -0.1) is 0 Å². The molecule has 0 fully saturated rings. The highest BCUT2D eigenvalue weighted by Gasteiger charge is 2.20. The number of benzene rings is 1. The Morgan fingerprint density at radius 2 is 2.00 bits per heavy atom. The van der Waals surface area contributed by atoms with E-state index in [1.54, 1.807) is 24.3 Å². The molecule has 0 bridgehead atoms. The van der Waals surface area contributed by atoms with E-state index in [-0.39, 0.29) is 22.3 Å². The SMILES string of the molecule is COc1nc(-c2ccccc2)c([N+](=O)[O-])cc1Cl. The lowest BCUT2D eigenvalue weighted by molar-refractivity contribution is -0.384. The van der Waals surface area contributed by atoms with Crippen LogP contribution < -0.4 is 4.74 Å². The Morgan fingerprint density at radius 3 is 2.56 bits per heavy atom. The van der Waals surface area contributed by atoms with Crippen molar-refractivity contribution >= 4 is 17.3 Å². The second-order valence-corrected chi connectivity index (χ2v) is 3.88. The molecule has 6 heteroatoms. The van der Waals surface area contributed by atoms with Crippen LogP contribution in [0.3, 0.4) is 0 Å². The molecule has 18 heavy (non-hydrogen) atoms. The van der Waals surface area contributed by atoms with Crippen LogP contribution in [0.5, 0.6) is 5.88 Å². The van der Waals surface area contributed by atoms with Gasteiger partial charge in [0.2, 0.25) is 5.88 Å². The first-order valence-corrected chi connectivity index (χ1v) is 5.45. The van der Waals surface area contributed by atoms with Gasteiger partial charge in [0.25, 0.3) is 5.69 Å². The van der Waals surface area contributed by atoms with Crippen LogP contribution in [0.4, 0.5) is 5.69 Å². The molecule has 0 unspecified atom stereocenters. The van der Waals surface area contributed by atoms with Crippen LogP contribution in [-0.4, -0.2) is 17.0 Å². The molecule has 1 heterocycles. The molecule has 2 rings (SSSR count). The monoisotopic (exact) mass is 264 g/mol. The Hall–Kier alpha value is -2.14. The highest BCUT2D eigenvalue weighted by atomic mass is 35.5. The fourth-order valence-corrected chi connectivity index (χ4v) is 1.78. The maximum atomic E-state index is 11.0. The van der Waals surface area contributed by atoms with Crippen molar-refractivity contribution in [3.8, 4) is 17.1 Å². The number of hydrogen-bond donors (Lipinski definition) is 0. The number of methoxy groups -OCH3 is 1. The van der Waals surface area contributed by atoms with Crippen molar-refractivity contribution < 1.29 is 9.66 Å². The van der Waals surface area contributed by atoms with E-state index in [0.29, 0.717) is 5.56 Å². The fourth-order valence-electron chi connectivity index (χ4n) is 1.55. The summed E-state index contributed by atoms with van der Waals surface area (Å²) in [6, 6.07) is 10.1. The summed E-state index contributed by atoms with van der Waals surface area (Å²) in [6.45, 7) is 0. The number of halogens is 1. The molecule has 0 N–H and O–H groups in total. The van der Waals surface area contributed by atoms with Crippen LogP contribution in [0.15, 0.2) is 36.4 Å². The molecule has 0 saturated carbocycles. The van der Waals surface area contributed by atoms with Crippen molar-refractivity contribution in [3.63, 3.8) is 0 Å². The molecule has 0 aliphatic heterocycles. The first-order chi connectivity index (χ1) is 8.63. The first kappa shape index (κ1) is 12.3. The largest absolute Gasteiger partial charge is 0.480 e. The normalized spacial score (nSPS) is 10.1. The quantitative estimate of drug-likeness (QED) is 0.630. The Labute approximate surface area is 108 Å². The lowest BCUT2D eigenvalue weighted by Gasteiger charge is -2.06. The number of pyridine rings is 1. The zero-order valence-corrected chi connectivity index (χ0v) is 10.2. The average Bonchev–Trinajstić information content (AvgIpc) is 2.39. The third kappa shape index (κ3) is 2.26. The summed E-state index contributed by atoms with van der Waals surface area (Å²) in [5.41, 5.74) is 0.730. The molecular weight excluding hydrogens is 256 g/mol. The van der Waals surface area contributed by atoms with E-state index < -0.39 is 4.92 Å². The third-order valence-corrected chi connectivity index (χ3v) is 2.63. The second-order valence-electron chi connectivity index (χ2n) is 3.47. The molecule has 0 amide bonds. The Balaban J connectivity index is 2.68. The molecule has 5 nitrogen and oxygen atoms in total. The van der Waals surface area contributed by atoms with Crippen molar-refractivity contribution in [2.45, 2.75) is 0 Å². The summed E-state index contributed by atoms with van der Waals surface area (Å²) in [5.74, 6) is 0.168. The lowest BCUT2D eigenvalue weighted by atomic mass is 10.1. The van der Waals surface area contributed by atoms with Crippen molar-refractivity contribution in [2.24, 2.45) is 0 Å². The average molecular weight is 265 g/mol. The summed E-state index contributed by atoms with van der Waals surface area (Å²) < 4.78 is 4.98. The van der Waals surface area contributed by atoms with E-state index in [4.69, 9.17) is 16.3 Å². The maximum Gasteiger partial charge on any atom is 0.297 e. The molecule has 0 radical (unpaired) electrons. The van der Waals surface area contributed by atoms with Gasteiger partial charge < -0.3 is 4.74 Å². The predicted octanol–water partition coefficient (Wildman–Crippen LogP) is 3.32. The van der Waals surface area contributed by atoms with Crippen molar-refractivity contribution in [3.05, 3.63) is 51.5 Å². The minimum absolute atomic E-state index is 0.115. The molecular formula is C12H9ClN2O3. The van der Waals surface area contributed by atoms with Crippen LogP contribution in [0, 0.1) is 10.1 Å². The number of ether oxygens (including phenoxy) is 1. The number of aromatic nitrogens is 1. The molecule has 1 aromatic heterocycles. The van der Waals surface area contributed by atoms with Crippen LogP contribution in [0.25, 0.3) is 11.3 Å². The summed E-state index contributed by atoms with van der Waals surface area (Å²) in [6.07, 6.45) is 0. The summed E-state index contributed by atoms with van der Waals surface area (Å²) in [4.78, 5) is 14.6. The Bertz CT molecular complexity index is 587. The van der Waals surface area contributed by atoms with Crippen LogP contribution in [0.1, 0.15) is 0 Å². The third-order valence-electron chi connectivity index (χ3n) is 2.36. The number of nitrogens with zero attached hydrogens (tertiary/aromatic N) is 2. The van der Waals surface area contributed by atoms with Crippen LogP contribution in [-0.2, 0) is 0 Å². The zero-order chi connectivity index (χ0) is 13.1. The van der Waals surface area contributed by atoms with E-state index in [1.807, 2.05) is 6.07 Å². The molecule has 2 aromatic rings. The van der Waals surface area contributed by atoms with E-state index in [1.165, 1.54) is 13.2 Å². The van der Waals surface area contributed by atoms with E-state index in [0.717, 1.165) is 0 Å². The Morgan fingerprint density at radius 1 is 1.33 bits per heavy atom. The van der Waals surface area contributed by atoms with Crippen molar-refractivity contribution in [2.75, 3.05) is 7.11 Å². The van der Waals surface area contributed by atoms with E-state index >= 15 is 0 Å². The number of rotatable bonds is 3. The van der Waals surface area contributed by atoms with Crippen molar-refractivity contribution in [1.29, 1.82) is 0 Å². The molecule has 0 spiro atoms. The van der Waals surface area contributed by atoms with Crippen LogP contribution in [0.2, 0.25) is 5.02 Å². The lowest BCUT2D eigenvalue weighted by Crippen LogP contribution is -1.98. The van der Waals surface area contributed by atoms with Gasteiger partial charge in [0.1, 0.15) is 5.02 Å². The molecule has 1 aromatic carbocycles. The standard InChI is InChI=1S/C12H9ClN2O3/c1-18-12-9(13)7-10(15(16)17)11(14-12)8-5-3-2-4-6-8/h2-7H,1H3. The minimum atomic E-state index is -0.513. The topological polar surface area (TPSA) is 65.3 Å². The summed E-state index contributed by atoms with van der Waals surface area (Å²) in [7, 11) is 1.41. The van der Waals surface area contributed by atoms with E-state index in [9.17, 15) is 10.1 Å². The molecule has 92 valence electrons. The van der Waals surface area contributed by atoms with Gasteiger partial charge in [-0.1, -0.05) is 41.9 Å². The van der Waals surface area contributed by atoms with Gasteiger partial charge in [-0.05, 0) is 0 Å². The first-order valence-electron chi connectivity index (χ1n) is 5.08. The van der Waals surface area contributed by atoms with Gasteiger partial charge in [-0.25, -0.2) is 4.98 Å². The predicted molar refractivity (Wildman–Crippen MR) is 67.9 cm³/mol. The van der Waals surface area contributed by atoms with Gasteiger partial charge >= 0.3 is 0 Å². The second kappa shape index (κ2) is 5.01. The molecule has 0 aliphatic rings. The number of hydrogen-bond acceptors (Lipinski definition) is 4. The molecule has 0 aliphatic carbocycles. The summed E-state index contributed by atoms with van der Waals surface area (Å²) >= 11 is 5.84. The fraction of sp³-hybridized carbons (Fsp3) is 0.0833.